The Morgan fingerprint density at radius 3 is 2.37 bits per heavy atom. The van der Waals surface area contributed by atoms with Crippen molar-refractivity contribution in [1.29, 1.82) is 0 Å². The maximum Gasteiger partial charge on any atom is 0.433 e. The molecule has 4 aromatic rings. The van der Waals surface area contributed by atoms with Crippen LogP contribution in [-0.4, -0.2) is 28.3 Å². The van der Waals surface area contributed by atoms with Gasteiger partial charge in [0.05, 0.1) is 27.2 Å². The lowest BCUT2D eigenvalue weighted by Gasteiger charge is -2.29. The predicted octanol–water partition coefficient (Wildman–Crippen LogP) is 8.41. The first kappa shape index (κ1) is 28.8. The number of alkyl halides is 3. The summed E-state index contributed by atoms with van der Waals surface area (Å²) in [6.45, 7) is 1.46. The summed E-state index contributed by atoms with van der Waals surface area (Å²) in [7, 11) is 1.62. The SMILES string of the molecule is CC(c1ccc(OCc2c(-c3c(Cl)cccc3Cl)noc2C2CC2)nc1C(F)(F)F)N(C)c1ccc(C(=O)O)cc1. The minimum atomic E-state index is -4.76. The van der Waals surface area contributed by atoms with Gasteiger partial charge < -0.3 is 19.3 Å². The average Bonchev–Trinajstić information content (AvgIpc) is 3.70. The maximum atomic E-state index is 14.2. The van der Waals surface area contributed by atoms with Gasteiger partial charge in [0.1, 0.15) is 18.1 Å². The van der Waals surface area contributed by atoms with Gasteiger partial charge in [0.2, 0.25) is 5.88 Å². The van der Waals surface area contributed by atoms with E-state index in [-0.39, 0.29) is 29.5 Å². The number of carboxylic acid groups (broad SMARTS) is 1. The molecule has 0 amide bonds. The van der Waals surface area contributed by atoms with Crippen molar-refractivity contribution in [3.05, 3.63) is 92.8 Å². The van der Waals surface area contributed by atoms with Crippen LogP contribution in [0.15, 0.2) is 59.1 Å². The molecule has 0 saturated heterocycles. The van der Waals surface area contributed by atoms with E-state index in [1.165, 1.54) is 36.4 Å². The number of aromatic nitrogens is 2. The van der Waals surface area contributed by atoms with E-state index in [9.17, 15) is 18.0 Å². The first-order valence-corrected chi connectivity index (χ1v) is 13.4. The van der Waals surface area contributed by atoms with Crippen molar-refractivity contribution >= 4 is 34.9 Å². The number of nitrogens with zero attached hydrogens (tertiary/aromatic N) is 3. The first-order chi connectivity index (χ1) is 19.5. The lowest BCUT2D eigenvalue weighted by Crippen LogP contribution is -2.25. The van der Waals surface area contributed by atoms with Gasteiger partial charge in [-0.2, -0.15) is 13.2 Å². The Bertz CT molecular complexity index is 1570. The van der Waals surface area contributed by atoms with Gasteiger partial charge >= 0.3 is 12.1 Å². The van der Waals surface area contributed by atoms with Crippen molar-refractivity contribution in [1.82, 2.24) is 10.1 Å². The number of carbonyl (C=O) groups is 1. The fourth-order valence-corrected chi connectivity index (χ4v) is 5.14. The molecule has 2 aromatic carbocycles. The normalized spacial score (nSPS) is 14.1. The van der Waals surface area contributed by atoms with Crippen LogP contribution in [0.25, 0.3) is 11.3 Å². The van der Waals surface area contributed by atoms with Crippen LogP contribution in [0, 0.1) is 0 Å². The second-order valence-electron chi connectivity index (χ2n) is 9.76. The topological polar surface area (TPSA) is 88.7 Å². The molecule has 2 aromatic heterocycles. The number of carboxylic acids is 1. The van der Waals surface area contributed by atoms with Gasteiger partial charge in [0, 0.05) is 35.8 Å². The van der Waals surface area contributed by atoms with Crippen LogP contribution < -0.4 is 9.64 Å². The van der Waals surface area contributed by atoms with E-state index in [2.05, 4.69) is 10.1 Å². The smallest absolute Gasteiger partial charge is 0.433 e. The lowest BCUT2D eigenvalue weighted by molar-refractivity contribution is -0.142. The zero-order valence-electron chi connectivity index (χ0n) is 21.9. The molecule has 0 radical (unpaired) electrons. The lowest BCUT2D eigenvalue weighted by atomic mass is 10.0. The van der Waals surface area contributed by atoms with Crippen molar-refractivity contribution in [3.8, 4) is 17.1 Å². The standard InChI is InChI=1S/C29H24Cl2F3N3O4/c1-15(37(2)18-10-8-17(9-11-18)28(38)39)19-12-13-23(35-27(19)29(32,33)34)40-14-20-25(36-41-26(20)16-6-7-16)24-21(30)4-3-5-22(24)31/h3-5,8-13,15-16H,6-7,14H2,1-2H3,(H,38,39). The predicted molar refractivity (Wildman–Crippen MR) is 148 cm³/mol. The van der Waals surface area contributed by atoms with Crippen molar-refractivity contribution in [2.24, 2.45) is 0 Å². The molecule has 12 heteroatoms. The van der Waals surface area contributed by atoms with Gasteiger partial charge in [0.15, 0.2) is 5.69 Å². The van der Waals surface area contributed by atoms with Crippen LogP contribution in [0.5, 0.6) is 5.88 Å². The van der Waals surface area contributed by atoms with Gasteiger partial charge in [-0.05, 0) is 62.2 Å². The van der Waals surface area contributed by atoms with Crippen LogP contribution in [0.4, 0.5) is 18.9 Å². The van der Waals surface area contributed by atoms with Gasteiger partial charge in [-0.25, -0.2) is 9.78 Å². The Kier molecular flexibility index (Phi) is 7.89. The van der Waals surface area contributed by atoms with E-state index in [0.29, 0.717) is 38.3 Å². The van der Waals surface area contributed by atoms with Gasteiger partial charge in [0.25, 0.3) is 0 Å². The molecule has 1 aliphatic carbocycles. The number of halogens is 5. The Hall–Kier alpha value is -3.76. The molecule has 1 unspecified atom stereocenters. The third kappa shape index (κ3) is 5.99. The summed E-state index contributed by atoms with van der Waals surface area (Å²) in [5, 5.41) is 14.0. The molecule has 1 aliphatic rings. The number of hydrogen-bond donors (Lipinski definition) is 1. The van der Waals surface area contributed by atoms with Crippen molar-refractivity contribution < 1.29 is 32.3 Å². The first-order valence-electron chi connectivity index (χ1n) is 12.7. The molecule has 2 heterocycles. The second kappa shape index (κ2) is 11.3. The number of rotatable bonds is 9. The summed E-state index contributed by atoms with van der Waals surface area (Å²) < 4.78 is 54.0. The average molecular weight is 606 g/mol. The highest BCUT2D eigenvalue weighted by molar-refractivity contribution is 6.39. The number of hydrogen-bond acceptors (Lipinski definition) is 6. The van der Waals surface area contributed by atoms with E-state index in [0.717, 1.165) is 12.8 Å². The molecule has 41 heavy (non-hydrogen) atoms. The zero-order valence-corrected chi connectivity index (χ0v) is 23.4. The quantitative estimate of drug-likeness (QED) is 0.205. The zero-order chi connectivity index (χ0) is 29.5. The van der Waals surface area contributed by atoms with E-state index in [1.54, 1.807) is 37.1 Å². The molecule has 1 atom stereocenters. The van der Waals surface area contributed by atoms with Crippen molar-refractivity contribution in [2.45, 2.75) is 44.5 Å². The van der Waals surface area contributed by atoms with Crippen LogP contribution in [-0.2, 0) is 12.8 Å². The van der Waals surface area contributed by atoms with E-state index >= 15 is 0 Å². The van der Waals surface area contributed by atoms with Gasteiger partial charge in [-0.1, -0.05) is 34.4 Å². The van der Waals surface area contributed by atoms with Crippen LogP contribution in [0.3, 0.4) is 0 Å². The summed E-state index contributed by atoms with van der Waals surface area (Å²) in [6, 6.07) is 12.8. The largest absolute Gasteiger partial charge is 0.478 e. The Morgan fingerprint density at radius 1 is 1.12 bits per heavy atom. The van der Waals surface area contributed by atoms with Crippen molar-refractivity contribution in [2.75, 3.05) is 11.9 Å². The monoisotopic (exact) mass is 605 g/mol. The fourth-order valence-electron chi connectivity index (χ4n) is 4.56. The van der Waals surface area contributed by atoms with E-state index < -0.39 is 23.9 Å². The molecular weight excluding hydrogens is 582 g/mol. The summed E-state index contributed by atoms with van der Waals surface area (Å²) >= 11 is 12.8. The maximum absolute atomic E-state index is 14.2. The third-order valence-corrected chi connectivity index (χ3v) is 7.68. The molecule has 5 rings (SSSR count). The number of anilines is 1. The number of aromatic carboxylic acids is 1. The number of benzene rings is 2. The highest BCUT2D eigenvalue weighted by Gasteiger charge is 2.38. The Morgan fingerprint density at radius 2 is 1.78 bits per heavy atom. The van der Waals surface area contributed by atoms with Crippen LogP contribution in [0.2, 0.25) is 10.0 Å². The van der Waals surface area contributed by atoms with Crippen molar-refractivity contribution in [3.63, 3.8) is 0 Å². The molecule has 1 fully saturated rings. The Balaban J connectivity index is 1.43. The van der Waals surface area contributed by atoms with E-state index in [4.69, 9.17) is 37.6 Å². The van der Waals surface area contributed by atoms with Gasteiger partial charge in [-0.3, -0.25) is 0 Å². The molecule has 0 bridgehead atoms. The highest BCUT2D eigenvalue weighted by atomic mass is 35.5. The number of pyridine rings is 1. The Labute approximate surface area is 243 Å². The highest BCUT2D eigenvalue weighted by Crippen LogP contribution is 2.46. The summed E-state index contributed by atoms with van der Waals surface area (Å²) in [5.41, 5.74) is 0.852. The molecule has 0 aliphatic heterocycles. The fraction of sp³-hybridized carbons (Fsp3) is 0.276. The molecular formula is C29H24Cl2F3N3O4. The minimum absolute atomic E-state index is 0.0677. The molecule has 214 valence electrons. The molecule has 7 nitrogen and oxygen atoms in total. The summed E-state index contributed by atoms with van der Waals surface area (Å²) in [6.07, 6.45) is -2.97. The summed E-state index contributed by atoms with van der Waals surface area (Å²) in [4.78, 5) is 16.6. The summed E-state index contributed by atoms with van der Waals surface area (Å²) in [5.74, 6) is -0.587. The van der Waals surface area contributed by atoms with Crippen LogP contribution >= 0.6 is 23.2 Å². The molecule has 1 saturated carbocycles. The minimum Gasteiger partial charge on any atom is -0.478 e. The molecule has 1 N–H and O–H groups in total. The van der Waals surface area contributed by atoms with E-state index in [1.807, 2.05) is 0 Å². The molecule has 0 spiro atoms. The second-order valence-corrected chi connectivity index (χ2v) is 10.6. The van der Waals surface area contributed by atoms with Gasteiger partial charge in [-0.15, -0.1) is 0 Å². The van der Waals surface area contributed by atoms with Crippen LogP contribution in [0.1, 0.15) is 64.7 Å². The number of ether oxygens (including phenoxy) is 1. The third-order valence-electron chi connectivity index (χ3n) is 7.05.